The van der Waals surface area contributed by atoms with E-state index in [-0.39, 0.29) is 35.9 Å². The Morgan fingerprint density at radius 2 is 1.58 bits per heavy atom. The van der Waals surface area contributed by atoms with Gasteiger partial charge in [-0.05, 0) is 52.3 Å². The summed E-state index contributed by atoms with van der Waals surface area (Å²) in [7, 11) is 0. The van der Waals surface area contributed by atoms with Gasteiger partial charge in [-0.1, -0.05) is 48.5 Å². The van der Waals surface area contributed by atoms with Crippen LogP contribution >= 0.6 is 0 Å². The lowest BCUT2D eigenvalue weighted by atomic mass is 9.78. The molecule has 6 nitrogen and oxygen atoms in total. The number of nitrogens with zero attached hydrogens (tertiary/aromatic N) is 1. The topological polar surface area (TPSA) is 57.2 Å². The molecule has 33 heavy (non-hydrogen) atoms. The van der Waals surface area contributed by atoms with Gasteiger partial charge in [0, 0.05) is 23.9 Å². The first-order valence-corrected chi connectivity index (χ1v) is 11.7. The van der Waals surface area contributed by atoms with Crippen LogP contribution in [0.1, 0.15) is 69.5 Å². The van der Waals surface area contributed by atoms with Gasteiger partial charge in [0.2, 0.25) is 0 Å². The van der Waals surface area contributed by atoms with Gasteiger partial charge in [-0.2, -0.15) is 5.06 Å². The molecule has 0 N–H and O–H groups in total. The van der Waals surface area contributed by atoms with Gasteiger partial charge >= 0.3 is 5.97 Å². The second-order valence-corrected chi connectivity index (χ2v) is 10.4. The standard InChI is InChI=1S/C27H35NO5/c1-20(21-12-8-6-9-13-21)33-28-25(2,3)18-27(19-26(28,4)5)31-17-23(32-27)16-30-24(29)22-14-10-7-11-15-22/h6-15,20,23H,16-19H2,1-5H3. The van der Waals surface area contributed by atoms with Crippen LogP contribution in [0.5, 0.6) is 0 Å². The minimum absolute atomic E-state index is 0.0747. The van der Waals surface area contributed by atoms with Crippen molar-refractivity contribution < 1.29 is 23.8 Å². The number of ether oxygens (including phenoxy) is 3. The third-order valence-electron chi connectivity index (χ3n) is 6.36. The van der Waals surface area contributed by atoms with Crippen LogP contribution in [-0.4, -0.2) is 47.2 Å². The summed E-state index contributed by atoms with van der Waals surface area (Å²) in [5.41, 5.74) is 1.00. The van der Waals surface area contributed by atoms with Gasteiger partial charge in [0.05, 0.1) is 12.2 Å². The zero-order chi connectivity index (χ0) is 23.7. The summed E-state index contributed by atoms with van der Waals surface area (Å²) >= 11 is 0. The maximum Gasteiger partial charge on any atom is 0.338 e. The minimum Gasteiger partial charge on any atom is -0.459 e. The molecule has 2 aromatic carbocycles. The Balaban J connectivity index is 1.40. The van der Waals surface area contributed by atoms with Crippen molar-refractivity contribution in [2.45, 2.75) is 76.5 Å². The van der Waals surface area contributed by atoms with Crippen LogP contribution in [0, 0.1) is 0 Å². The number of esters is 1. The lowest BCUT2D eigenvalue weighted by Crippen LogP contribution is -2.65. The number of carbonyl (C=O) groups is 1. The van der Waals surface area contributed by atoms with Crippen LogP contribution in [0.2, 0.25) is 0 Å². The number of hydrogen-bond donors (Lipinski definition) is 0. The number of benzene rings is 2. The van der Waals surface area contributed by atoms with Crippen molar-refractivity contribution >= 4 is 5.97 Å². The Kier molecular flexibility index (Phi) is 6.65. The van der Waals surface area contributed by atoms with Gasteiger partial charge in [-0.3, -0.25) is 4.84 Å². The fourth-order valence-corrected chi connectivity index (χ4v) is 5.28. The van der Waals surface area contributed by atoms with Crippen LogP contribution in [0.3, 0.4) is 0 Å². The monoisotopic (exact) mass is 453 g/mol. The molecule has 178 valence electrons. The molecule has 0 saturated carbocycles. The van der Waals surface area contributed by atoms with E-state index in [4.69, 9.17) is 19.0 Å². The molecule has 1 spiro atoms. The molecular formula is C27H35NO5. The molecule has 0 amide bonds. The number of hydrogen-bond acceptors (Lipinski definition) is 6. The Morgan fingerprint density at radius 1 is 1.00 bits per heavy atom. The third kappa shape index (κ3) is 5.30. The van der Waals surface area contributed by atoms with E-state index in [1.165, 1.54) is 0 Å². The third-order valence-corrected chi connectivity index (χ3v) is 6.36. The molecule has 2 fully saturated rings. The Hall–Kier alpha value is -2.25. The Morgan fingerprint density at radius 3 is 2.18 bits per heavy atom. The molecule has 2 heterocycles. The number of carbonyl (C=O) groups excluding carboxylic acids is 1. The van der Waals surface area contributed by atoms with Crippen molar-refractivity contribution in [1.29, 1.82) is 0 Å². The van der Waals surface area contributed by atoms with Crippen LogP contribution in [0.15, 0.2) is 60.7 Å². The van der Waals surface area contributed by atoms with Crippen LogP contribution in [-0.2, 0) is 19.0 Å². The van der Waals surface area contributed by atoms with Crippen LogP contribution < -0.4 is 0 Å². The Bertz CT molecular complexity index is 925. The van der Waals surface area contributed by atoms with E-state index in [1.54, 1.807) is 12.1 Å². The first-order valence-electron chi connectivity index (χ1n) is 11.7. The molecule has 0 bridgehead atoms. The lowest BCUT2D eigenvalue weighted by Gasteiger charge is -2.56. The van der Waals surface area contributed by atoms with Crippen molar-refractivity contribution in [2.24, 2.45) is 0 Å². The van der Waals surface area contributed by atoms with Gasteiger partial charge in [-0.25, -0.2) is 4.79 Å². The summed E-state index contributed by atoms with van der Waals surface area (Å²) in [6.45, 7) is 11.3. The van der Waals surface area contributed by atoms with E-state index in [9.17, 15) is 4.79 Å². The minimum atomic E-state index is -0.729. The molecule has 2 unspecified atom stereocenters. The van der Waals surface area contributed by atoms with E-state index in [2.05, 4.69) is 51.8 Å². The van der Waals surface area contributed by atoms with E-state index in [0.29, 0.717) is 25.0 Å². The average Bonchev–Trinajstić information content (AvgIpc) is 3.16. The summed E-state index contributed by atoms with van der Waals surface area (Å²) in [6.07, 6.45) is 0.927. The maximum absolute atomic E-state index is 12.3. The van der Waals surface area contributed by atoms with Crippen molar-refractivity contribution in [3.63, 3.8) is 0 Å². The highest BCUT2D eigenvalue weighted by molar-refractivity contribution is 5.89. The van der Waals surface area contributed by atoms with Crippen molar-refractivity contribution in [3.05, 3.63) is 71.8 Å². The van der Waals surface area contributed by atoms with Crippen molar-refractivity contribution in [1.82, 2.24) is 5.06 Å². The molecule has 0 aliphatic carbocycles. The molecule has 2 aromatic rings. The molecule has 2 aliphatic heterocycles. The molecule has 2 aliphatic rings. The van der Waals surface area contributed by atoms with Gasteiger partial charge < -0.3 is 14.2 Å². The highest BCUT2D eigenvalue weighted by Gasteiger charge is 2.58. The van der Waals surface area contributed by atoms with E-state index in [1.807, 2.05) is 36.4 Å². The smallest absolute Gasteiger partial charge is 0.338 e. The summed E-state index contributed by atoms with van der Waals surface area (Å²) in [5, 5.41) is 2.11. The zero-order valence-corrected chi connectivity index (χ0v) is 20.2. The number of piperidine rings is 1. The maximum atomic E-state index is 12.3. The van der Waals surface area contributed by atoms with Crippen LogP contribution in [0.4, 0.5) is 0 Å². The molecule has 2 saturated heterocycles. The number of hydroxylamine groups is 2. The SMILES string of the molecule is CC(ON1C(C)(C)CC2(CC1(C)C)OCC(COC(=O)c1ccccc1)O2)c1ccccc1. The molecule has 0 radical (unpaired) electrons. The fraction of sp³-hybridized carbons (Fsp3) is 0.519. The first-order chi connectivity index (χ1) is 15.6. The summed E-state index contributed by atoms with van der Waals surface area (Å²) in [4.78, 5) is 18.8. The van der Waals surface area contributed by atoms with Crippen molar-refractivity contribution in [2.75, 3.05) is 13.2 Å². The van der Waals surface area contributed by atoms with E-state index >= 15 is 0 Å². The summed E-state index contributed by atoms with van der Waals surface area (Å²) in [5.74, 6) is -1.08. The predicted molar refractivity (Wildman–Crippen MR) is 125 cm³/mol. The predicted octanol–water partition coefficient (Wildman–Crippen LogP) is 5.30. The molecule has 4 rings (SSSR count). The highest BCUT2D eigenvalue weighted by atomic mass is 16.8. The lowest BCUT2D eigenvalue weighted by molar-refractivity contribution is -0.351. The largest absolute Gasteiger partial charge is 0.459 e. The summed E-state index contributed by atoms with van der Waals surface area (Å²) < 4.78 is 18.1. The highest BCUT2D eigenvalue weighted by Crippen LogP contribution is 2.49. The Labute approximate surface area is 196 Å². The zero-order valence-electron chi connectivity index (χ0n) is 20.2. The van der Waals surface area contributed by atoms with Crippen LogP contribution in [0.25, 0.3) is 0 Å². The average molecular weight is 454 g/mol. The molecule has 6 heteroatoms. The van der Waals surface area contributed by atoms with Gasteiger partial charge in [0.25, 0.3) is 0 Å². The van der Waals surface area contributed by atoms with Crippen molar-refractivity contribution in [3.8, 4) is 0 Å². The van der Waals surface area contributed by atoms with Gasteiger partial charge in [0.1, 0.15) is 18.8 Å². The van der Waals surface area contributed by atoms with Gasteiger partial charge in [0.15, 0.2) is 5.79 Å². The quantitative estimate of drug-likeness (QED) is 0.553. The second kappa shape index (κ2) is 9.18. The molecule has 2 atom stereocenters. The van der Waals surface area contributed by atoms with Gasteiger partial charge in [-0.15, -0.1) is 0 Å². The molecular weight excluding hydrogens is 418 g/mol. The normalized spacial score (nSPS) is 24.5. The second-order valence-electron chi connectivity index (χ2n) is 10.4. The summed E-state index contributed by atoms with van der Waals surface area (Å²) in [6, 6.07) is 19.2. The number of rotatable bonds is 6. The molecule has 0 aromatic heterocycles. The van der Waals surface area contributed by atoms with E-state index < -0.39 is 5.79 Å². The fourth-order valence-electron chi connectivity index (χ4n) is 5.28. The van der Waals surface area contributed by atoms with E-state index in [0.717, 1.165) is 5.56 Å². The first kappa shape index (κ1) is 23.9.